The fourth-order valence-corrected chi connectivity index (χ4v) is 3.39. The Morgan fingerprint density at radius 3 is 2.44 bits per heavy atom. The lowest BCUT2D eigenvalue weighted by molar-refractivity contribution is -0.137. The maximum atomic E-state index is 12.1. The highest BCUT2D eigenvalue weighted by Crippen LogP contribution is 2.25. The molecule has 0 aliphatic heterocycles. The second-order valence-corrected chi connectivity index (χ2v) is 7.98. The molecule has 32 heavy (non-hydrogen) atoms. The van der Waals surface area contributed by atoms with Gasteiger partial charge in [0.1, 0.15) is 5.82 Å². The van der Waals surface area contributed by atoms with Crippen LogP contribution in [0.1, 0.15) is 42.9 Å². The van der Waals surface area contributed by atoms with Crippen LogP contribution in [0.2, 0.25) is 10.0 Å². The van der Waals surface area contributed by atoms with Crippen LogP contribution < -0.4 is 21.5 Å². The number of aromatic nitrogens is 1. The van der Waals surface area contributed by atoms with E-state index in [-0.39, 0.29) is 18.7 Å². The van der Waals surface area contributed by atoms with E-state index >= 15 is 0 Å². The Bertz CT molecular complexity index is 937. The largest absolute Gasteiger partial charge is 0.481 e. The Kier molecular flexibility index (Phi) is 10.0. The number of nitrogens with zero attached hydrogens (tertiary/aromatic N) is 1. The average Bonchev–Trinajstić information content (AvgIpc) is 2.70. The third-order valence-electron chi connectivity index (χ3n) is 4.34. The van der Waals surface area contributed by atoms with Crippen LogP contribution >= 0.6 is 23.2 Å². The van der Waals surface area contributed by atoms with Crippen LogP contribution in [0.5, 0.6) is 0 Å². The topological polar surface area (TPSA) is 132 Å². The number of nitrogens with one attached hydrogen (secondary N) is 4. The summed E-state index contributed by atoms with van der Waals surface area (Å²) in [5.74, 6) is -0.705. The average molecular weight is 482 g/mol. The minimum absolute atomic E-state index is 0.214. The third kappa shape index (κ3) is 9.40. The summed E-state index contributed by atoms with van der Waals surface area (Å²) in [5.41, 5.74) is 6.06. The molecular formula is C21H25Cl2N5O4. The molecule has 3 amide bonds. The standard InChI is InChI=1S/C21H25Cl2N5O4/c1-13-5-7-25-18(8-13)24-6-3-2-4-19(29)27-28-21(32)26-17(12-20(30)31)14-9-15(22)11-16(23)10-14/h5,7-11,17H,2-4,6,12H2,1H3,(H,24,25)(H,27,29)(H,30,31)(H2,26,28,32). The van der Waals surface area contributed by atoms with Crippen LogP contribution in [0.15, 0.2) is 36.5 Å². The van der Waals surface area contributed by atoms with Gasteiger partial charge in [-0.05, 0) is 61.2 Å². The monoisotopic (exact) mass is 481 g/mol. The molecule has 0 aliphatic rings. The van der Waals surface area contributed by atoms with E-state index in [9.17, 15) is 14.4 Å². The summed E-state index contributed by atoms with van der Waals surface area (Å²) in [4.78, 5) is 39.4. The number of carbonyl (C=O) groups excluding carboxylic acids is 2. The molecular weight excluding hydrogens is 457 g/mol. The molecule has 11 heteroatoms. The SMILES string of the molecule is Cc1ccnc(NCCCCC(=O)NNC(=O)NC(CC(=O)O)c2cc(Cl)cc(Cl)c2)c1. The first-order valence-corrected chi connectivity index (χ1v) is 10.7. The van der Waals surface area contributed by atoms with Gasteiger partial charge in [0.05, 0.1) is 12.5 Å². The van der Waals surface area contributed by atoms with Crippen molar-refractivity contribution in [1.82, 2.24) is 21.2 Å². The fraction of sp³-hybridized carbons (Fsp3) is 0.333. The number of unbranched alkanes of at least 4 members (excludes halogenated alkanes) is 1. The van der Waals surface area contributed by atoms with Gasteiger partial charge in [-0.3, -0.25) is 15.0 Å². The normalized spacial score (nSPS) is 11.3. The molecule has 9 nitrogen and oxygen atoms in total. The summed E-state index contributed by atoms with van der Waals surface area (Å²) in [6, 6.07) is 6.73. The summed E-state index contributed by atoms with van der Waals surface area (Å²) in [7, 11) is 0. The summed E-state index contributed by atoms with van der Waals surface area (Å²) in [6.07, 6.45) is 2.90. The van der Waals surface area contributed by atoms with Crippen molar-refractivity contribution in [1.29, 1.82) is 0 Å². The highest BCUT2D eigenvalue weighted by Gasteiger charge is 2.19. The number of aliphatic carboxylic acids is 1. The lowest BCUT2D eigenvalue weighted by atomic mass is 10.0. The van der Waals surface area contributed by atoms with E-state index in [2.05, 4.69) is 26.5 Å². The first-order chi connectivity index (χ1) is 15.2. The predicted octanol–water partition coefficient (Wildman–Crippen LogP) is 3.83. The van der Waals surface area contributed by atoms with Gasteiger partial charge < -0.3 is 15.7 Å². The second-order valence-electron chi connectivity index (χ2n) is 7.10. The van der Waals surface area contributed by atoms with Crippen molar-refractivity contribution in [3.63, 3.8) is 0 Å². The molecule has 2 aromatic rings. The van der Waals surface area contributed by atoms with E-state index in [0.29, 0.717) is 28.6 Å². The van der Waals surface area contributed by atoms with E-state index < -0.39 is 18.0 Å². The molecule has 0 spiro atoms. The number of urea groups is 1. The van der Waals surface area contributed by atoms with Crippen LogP contribution in [0.3, 0.4) is 0 Å². The lowest BCUT2D eigenvalue weighted by Gasteiger charge is -2.18. The maximum absolute atomic E-state index is 12.1. The molecule has 0 fully saturated rings. The third-order valence-corrected chi connectivity index (χ3v) is 4.78. The van der Waals surface area contributed by atoms with E-state index in [4.69, 9.17) is 28.3 Å². The van der Waals surface area contributed by atoms with Crippen LogP contribution in [-0.2, 0) is 9.59 Å². The van der Waals surface area contributed by atoms with Gasteiger partial charge in [0, 0.05) is 29.2 Å². The number of rotatable bonds is 10. The van der Waals surface area contributed by atoms with Crippen molar-refractivity contribution in [2.75, 3.05) is 11.9 Å². The molecule has 0 saturated carbocycles. The number of hydrogen-bond acceptors (Lipinski definition) is 5. The minimum Gasteiger partial charge on any atom is -0.481 e. The molecule has 0 bridgehead atoms. The summed E-state index contributed by atoms with van der Waals surface area (Å²) in [5, 5.41) is 15.4. The van der Waals surface area contributed by atoms with Crippen molar-refractivity contribution in [2.45, 2.75) is 38.6 Å². The summed E-state index contributed by atoms with van der Waals surface area (Å²) >= 11 is 11.9. The number of pyridine rings is 1. The van der Waals surface area contributed by atoms with Crippen molar-refractivity contribution in [3.05, 3.63) is 57.7 Å². The van der Waals surface area contributed by atoms with Gasteiger partial charge in [-0.1, -0.05) is 23.2 Å². The number of carboxylic acids is 1. The van der Waals surface area contributed by atoms with E-state index in [0.717, 1.165) is 17.8 Å². The quantitative estimate of drug-likeness (QED) is 0.258. The van der Waals surface area contributed by atoms with Crippen LogP contribution in [0, 0.1) is 6.92 Å². The number of benzene rings is 1. The Morgan fingerprint density at radius 1 is 1.06 bits per heavy atom. The van der Waals surface area contributed by atoms with E-state index in [1.165, 1.54) is 18.2 Å². The van der Waals surface area contributed by atoms with Gasteiger partial charge in [-0.15, -0.1) is 0 Å². The molecule has 1 unspecified atom stereocenters. The Hall–Kier alpha value is -3.04. The van der Waals surface area contributed by atoms with Gasteiger partial charge >= 0.3 is 12.0 Å². The molecule has 172 valence electrons. The van der Waals surface area contributed by atoms with Gasteiger partial charge in [0.15, 0.2) is 0 Å². The van der Waals surface area contributed by atoms with Gasteiger partial charge in [0.2, 0.25) is 5.91 Å². The molecule has 0 saturated heterocycles. The first-order valence-electron chi connectivity index (χ1n) is 9.92. The number of amides is 3. The number of halogens is 2. The zero-order valence-corrected chi connectivity index (χ0v) is 19.0. The number of aryl methyl sites for hydroxylation is 1. The second kappa shape index (κ2) is 12.7. The number of carboxylic acid groups (broad SMARTS) is 1. The molecule has 1 heterocycles. The van der Waals surface area contributed by atoms with Crippen molar-refractivity contribution >= 4 is 46.9 Å². The van der Waals surface area contributed by atoms with Gasteiger partial charge in [-0.25, -0.2) is 15.2 Å². The smallest absolute Gasteiger partial charge is 0.333 e. The Balaban J connectivity index is 1.72. The van der Waals surface area contributed by atoms with E-state index in [1.807, 2.05) is 19.1 Å². The Morgan fingerprint density at radius 2 is 1.78 bits per heavy atom. The first kappa shape index (κ1) is 25.2. The molecule has 1 aromatic heterocycles. The molecule has 0 aliphatic carbocycles. The predicted molar refractivity (Wildman–Crippen MR) is 123 cm³/mol. The van der Waals surface area contributed by atoms with Crippen LogP contribution in [-0.4, -0.2) is 34.5 Å². The van der Waals surface area contributed by atoms with Crippen LogP contribution in [0.25, 0.3) is 0 Å². The number of hydrazine groups is 1. The Labute approximate surface area is 195 Å². The maximum Gasteiger partial charge on any atom is 0.333 e. The minimum atomic E-state index is -1.12. The van der Waals surface area contributed by atoms with Crippen molar-refractivity contribution < 1.29 is 19.5 Å². The number of carbonyl (C=O) groups is 3. The highest BCUT2D eigenvalue weighted by atomic mass is 35.5. The van der Waals surface area contributed by atoms with Crippen molar-refractivity contribution in [2.24, 2.45) is 0 Å². The van der Waals surface area contributed by atoms with Crippen LogP contribution in [0.4, 0.5) is 10.6 Å². The highest BCUT2D eigenvalue weighted by molar-refractivity contribution is 6.34. The van der Waals surface area contributed by atoms with Crippen molar-refractivity contribution in [3.8, 4) is 0 Å². The zero-order chi connectivity index (χ0) is 23.5. The molecule has 2 rings (SSSR count). The molecule has 1 aromatic carbocycles. The van der Waals surface area contributed by atoms with Gasteiger partial charge in [-0.2, -0.15) is 0 Å². The summed E-state index contributed by atoms with van der Waals surface area (Å²) < 4.78 is 0. The number of anilines is 1. The lowest BCUT2D eigenvalue weighted by Crippen LogP contribution is -2.48. The molecule has 5 N–H and O–H groups in total. The summed E-state index contributed by atoms with van der Waals surface area (Å²) in [6.45, 7) is 2.64. The fourth-order valence-electron chi connectivity index (χ4n) is 2.85. The van der Waals surface area contributed by atoms with Gasteiger partial charge in [0.25, 0.3) is 0 Å². The van der Waals surface area contributed by atoms with E-state index in [1.54, 1.807) is 6.20 Å². The molecule has 1 atom stereocenters. The molecule has 0 radical (unpaired) electrons. The number of hydrogen-bond donors (Lipinski definition) is 5. The zero-order valence-electron chi connectivity index (χ0n) is 17.5.